The number of rotatable bonds is 5. The maximum absolute atomic E-state index is 12.4. The summed E-state index contributed by atoms with van der Waals surface area (Å²) < 4.78 is 38.0. The maximum Gasteiger partial charge on any atom is 0.390 e. The molecule has 0 amide bonds. The lowest BCUT2D eigenvalue weighted by Crippen LogP contribution is -2.26. The van der Waals surface area contributed by atoms with E-state index in [0.29, 0.717) is 20.2 Å². The first kappa shape index (κ1) is 15.3. The standard InChI is InChI=1S/C10H12BrClF3NS/c1-2-3-16-7(5-10(13,14)15)8-4-6(12)9(11)17-8/h4,7,16H,2-3,5H2,1H3. The molecule has 1 rings (SSSR count). The minimum Gasteiger partial charge on any atom is -0.309 e. The van der Waals surface area contributed by atoms with Gasteiger partial charge in [-0.2, -0.15) is 13.2 Å². The molecule has 1 atom stereocenters. The second-order valence-electron chi connectivity index (χ2n) is 3.60. The molecule has 98 valence electrons. The molecule has 0 aliphatic rings. The van der Waals surface area contributed by atoms with E-state index in [0.717, 1.165) is 6.42 Å². The lowest BCUT2D eigenvalue weighted by molar-refractivity contribution is -0.140. The molecular formula is C10H12BrClF3NS. The van der Waals surface area contributed by atoms with Crippen LogP contribution >= 0.6 is 38.9 Å². The van der Waals surface area contributed by atoms with Crippen LogP contribution in [0, 0.1) is 0 Å². The summed E-state index contributed by atoms with van der Waals surface area (Å²) in [5.74, 6) is 0. The van der Waals surface area contributed by atoms with Gasteiger partial charge in [0.1, 0.15) is 0 Å². The maximum atomic E-state index is 12.4. The van der Waals surface area contributed by atoms with Gasteiger partial charge in [0.05, 0.1) is 21.3 Å². The third kappa shape index (κ3) is 5.16. The fourth-order valence-corrected chi connectivity index (χ4v) is 3.18. The molecular weight excluding hydrogens is 339 g/mol. The second-order valence-corrected chi connectivity index (χ2v) is 6.41. The van der Waals surface area contributed by atoms with Crippen molar-refractivity contribution in [1.29, 1.82) is 0 Å². The summed E-state index contributed by atoms with van der Waals surface area (Å²) in [5.41, 5.74) is 0. The summed E-state index contributed by atoms with van der Waals surface area (Å²) in [4.78, 5) is 0.604. The topological polar surface area (TPSA) is 12.0 Å². The molecule has 1 aromatic heterocycles. The molecule has 0 aromatic carbocycles. The van der Waals surface area contributed by atoms with E-state index in [9.17, 15) is 13.2 Å². The van der Waals surface area contributed by atoms with E-state index >= 15 is 0 Å². The minimum absolute atomic E-state index is 0.454. The molecule has 17 heavy (non-hydrogen) atoms. The van der Waals surface area contributed by atoms with E-state index in [4.69, 9.17) is 11.6 Å². The highest BCUT2D eigenvalue weighted by Gasteiger charge is 2.33. The van der Waals surface area contributed by atoms with Crippen LogP contribution in [-0.2, 0) is 0 Å². The van der Waals surface area contributed by atoms with E-state index in [1.54, 1.807) is 6.07 Å². The highest BCUT2D eigenvalue weighted by molar-refractivity contribution is 9.11. The van der Waals surface area contributed by atoms with Gasteiger partial charge in [0.2, 0.25) is 0 Å². The average molecular weight is 351 g/mol. The highest BCUT2D eigenvalue weighted by atomic mass is 79.9. The zero-order valence-corrected chi connectivity index (χ0v) is 12.2. The van der Waals surface area contributed by atoms with E-state index in [-0.39, 0.29) is 0 Å². The Kier molecular flexibility index (Phi) is 5.76. The molecule has 0 saturated carbocycles. The number of halogens is 5. The Labute approximate surface area is 115 Å². The van der Waals surface area contributed by atoms with Gasteiger partial charge in [0.25, 0.3) is 0 Å². The van der Waals surface area contributed by atoms with Crippen molar-refractivity contribution < 1.29 is 13.2 Å². The molecule has 0 radical (unpaired) electrons. The van der Waals surface area contributed by atoms with Gasteiger partial charge in [0.15, 0.2) is 0 Å². The van der Waals surface area contributed by atoms with Crippen LogP contribution in [0.3, 0.4) is 0 Å². The van der Waals surface area contributed by atoms with Crippen LogP contribution in [0.2, 0.25) is 5.02 Å². The van der Waals surface area contributed by atoms with Gasteiger partial charge in [-0.05, 0) is 35.0 Å². The van der Waals surface area contributed by atoms with Crippen LogP contribution in [0.4, 0.5) is 13.2 Å². The monoisotopic (exact) mass is 349 g/mol. The van der Waals surface area contributed by atoms with Crippen LogP contribution in [-0.4, -0.2) is 12.7 Å². The Morgan fingerprint density at radius 1 is 1.53 bits per heavy atom. The van der Waals surface area contributed by atoms with E-state index in [1.807, 2.05) is 6.92 Å². The van der Waals surface area contributed by atoms with E-state index < -0.39 is 18.6 Å². The molecule has 1 N–H and O–H groups in total. The van der Waals surface area contributed by atoms with Crippen LogP contribution in [0.5, 0.6) is 0 Å². The molecule has 0 aliphatic carbocycles. The smallest absolute Gasteiger partial charge is 0.309 e. The molecule has 0 aliphatic heterocycles. The van der Waals surface area contributed by atoms with Crippen molar-refractivity contribution >= 4 is 38.9 Å². The summed E-state index contributed by atoms with van der Waals surface area (Å²) in [7, 11) is 0. The number of nitrogens with one attached hydrogen (secondary N) is 1. The first-order valence-electron chi connectivity index (χ1n) is 5.08. The molecule has 0 fully saturated rings. The number of thiophene rings is 1. The zero-order chi connectivity index (χ0) is 13.1. The van der Waals surface area contributed by atoms with Gasteiger partial charge in [-0.3, -0.25) is 0 Å². The third-order valence-corrected chi connectivity index (χ3v) is 4.67. The minimum atomic E-state index is -4.19. The Hall–Kier alpha value is 0.220. The molecule has 7 heteroatoms. The lowest BCUT2D eigenvalue weighted by Gasteiger charge is -2.18. The predicted octanol–water partition coefficient (Wildman–Crippen LogP) is 5.16. The van der Waals surface area contributed by atoms with Crippen molar-refractivity contribution in [3.05, 3.63) is 19.8 Å². The second kappa shape index (κ2) is 6.41. The summed E-state index contributed by atoms with van der Waals surface area (Å²) >= 11 is 10.3. The zero-order valence-electron chi connectivity index (χ0n) is 9.07. The van der Waals surface area contributed by atoms with Crippen LogP contribution in [0.1, 0.15) is 30.7 Å². The molecule has 0 spiro atoms. The largest absolute Gasteiger partial charge is 0.390 e. The highest BCUT2D eigenvalue weighted by Crippen LogP contribution is 2.38. The molecule has 1 heterocycles. The van der Waals surface area contributed by atoms with Crippen molar-refractivity contribution in [3.63, 3.8) is 0 Å². The molecule has 0 saturated heterocycles. The summed E-state index contributed by atoms with van der Waals surface area (Å²) in [6, 6.07) is 0.860. The van der Waals surface area contributed by atoms with Gasteiger partial charge in [0, 0.05) is 4.88 Å². The van der Waals surface area contributed by atoms with Crippen LogP contribution in [0.25, 0.3) is 0 Å². The van der Waals surface area contributed by atoms with Gasteiger partial charge in [-0.15, -0.1) is 11.3 Å². The van der Waals surface area contributed by atoms with Gasteiger partial charge in [-0.1, -0.05) is 18.5 Å². The quantitative estimate of drug-likeness (QED) is 0.773. The van der Waals surface area contributed by atoms with Crippen LogP contribution in [0.15, 0.2) is 9.85 Å². The SMILES string of the molecule is CCCNC(CC(F)(F)F)c1cc(Cl)c(Br)s1. The average Bonchev–Trinajstić information content (AvgIpc) is 2.52. The van der Waals surface area contributed by atoms with Gasteiger partial charge < -0.3 is 5.32 Å². The van der Waals surface area contributed by atoms with Crippen molar-refractivity contribution in [2.75, 3.05) is 6.54 Å². The molecule has 0 bridgehead atoms. The fraction of sp³-hybridized carbons (Fsp3) is 0.600. The molecule has 1 nitrogen and oxygen atoms in total. The van der Waals surface area contributed by atoms with Crippen molar-refractivity contribution in [3.8, 4) is 0 Å². The van der Waals surface area contributed by atoms with Crippen molar-refractivity contribution in [1.82, 2.24) is 5.32 Å². The van der Waals surface area contributed by atoms with Crippen molar-refractivity contribution in [2.45, 2.75) is 32.0 Å². The van der Waals surface area contributed by atoms with Gasteiger partial charge >= 0.3 is 6.18 Å². The molecule has 1 unspecified atom stereocenters. The first-order valence-corrected chi connectivity index (χ1v) is 7.07. The third-order valence-electron chi connectivity index (χ3n) is 2.08. The Morgan fingerprint density at radius 3 is 2.59 bits per heavy atom. The Balaban J connectivity index is 2.81. The van der Waals surface area contributed by atoms with Gasteiger partial charge in [-0.25, -0.2) is 0 Å². The number of hydrogen-bond donors (Lipinski definition) is 1. The summed E-state index contributed by atoms with van der Waals surface area (Å²) in [6.45, 7) is 2.46. The number of alkyl halides is 3. The first-order chi connectivity index (χ1) is 7.83. The van der Waals surface area contributed by atoms with Crippen LogP contribution < -0.4 is 5.32 Å². The number of hydrogen-bond acceptors (Lipinski definition) is 2. The lowest BCUT2D eigenvalue weighted by atomic mass is 10.1. The Bertz CT molecular complexity index is 347. The Morgan fingerprint density at radius 2 is 2.18 bits per heavy atom. The molecule has 1 aromatic rings. The van der Waals surface area contributed by atoms with E-state index in [1.165, 1.54) is 11.3 Å². The normalized spacial score (nSPS) is 14.0. The van der Waals surface area contributed by atoms with E-state index in [2.05, 4.69) is 21.2 Å². The predicted molar refractivity (Wildman–Crippen MR) is 68.7 cm³/mol. The summed E-state index contributed by atoms with van der Waals surface area (Å²) in [6.07, 6.45) is -4.28. The van der Waals surface area contributed by atoms with Crippen molar-refractivity contribution in [2.24, 2.45) is 0 Å². The summed E-state index contributed by atoms with van der Waals surface area (Å²) in [5, 5.41) is 3.35. The fourth-order valence-electron chi connectivity index (χ4n) is 1.36.